The van der Waals surface area contributed by atoms with Crippen molar-refractivity contribution in [1.82, 2.24) is 14.9 Å². The zero-order valence-electron chi connectivity index (χ0n) is 22.8. The highest BCUT2D eigenvalue weighted by molar-refractivity contribution is 7.99. The summed E-state index contributed by atoms with van der Waals surface area (Å²) in [5, 5.41) is 9.60. The van der Waals surface area contributed by atoms with E-state index in [1.807, 2.05) is 76.9 Å². The summed E-state index contributed by atoms with van der Waals surface area (Å²) in [6.07, 6.45) is 4.76. The summed E-state index contributed by atoms with van der Waals surface area (Å²) in [6, 6.07) is 13.6. The van der Waals surface area contributed by atoms with Gasteiger partial charge in [-0.15, -0.1) is 0 Å². The molecule has 10 nitrogen and oxygen atoms in total. The molecule has 0 saturated heterocycles. The van der Waals surface area contributed by atoms with E-state index in [0.29, 0.717) is 28.8 Å². The van der Waals surface area contributed by atoms with Crippen molar-refractivity contribution in [2.45, 2.75) is 0 Å². The van der Waals surface area contributed by atoms with Crippen LogP contribution in [-0.2, 0) is 4.79 Å². The summed E-state index contributed by atoms with van der Waals surface area (Å²) >= 11 is 1.62. The van der Waals surface area contributed by atoms with Gasteiger partial charge < -0.3 is 34.8 Å². The third-order valence-electron chi connectivity index (χ3n) is 5.76. The Labute approximate surface area is 229 Å². The molecule has 0 radical (unpaired) electrons. The maximum absolute atomic E-state index is 12.2. The van der Waals surface area contributed by atoms with Gasteiger partial charge in [0, 0.05) is 45.6 Å². The molecule has 0 aliphatic rings. The van der Waals surface area contributed by atoms with Crippen molar-refractivity contribution in [3.8, 4) is 5.75 Å². The summed E-state index contributed by atoms with van der Waals surface area (Å²) in [5.74, 6) is 1.49. The first-order chi connectivity index (χ1) is 18.2. The molecule has 202 valence electrons. The number of hydrogen-bond acceptors (Lipinski definition) is 10. The summed E-state index contributed by atoms with van der Waals surface area (Å²) in [6.45, 7) is 5.19. The number of anilines is 7. The largest absolute Gasteiger partial charge is 0.494 e. The summed E-state index contributed by atoms with van der Waals surface area (Å²) < 4.78 is 7.77. The third kappa shape index (κ3) is 7.53. The average Bonchev–Trinajstić information content (AvgIpc) is 2.91. The SMILES string of the molecule is C=CC(=O)Nc1cc(Nc2cc(Nc3ccccc3N(C)SC)ncn2)c(OC)cc1N(C)CCN(C)C. The molecule has 0 atom stereocenters. The average molecular weight is 537 g/mol. The van der Waals surface area contributed by atoms with Gasteiger partial charge in [-0.3, -0.25) is 4.79 Å². The number of amides is 1. The Bertz CT molecular complexity index is 1250. The Kier molecular flexibility index (Phi) is 10.2. The summed E-state index contributed by atoms with van der Waals surface area (Å²) in [5.41, 5.74) is 4.05. The second-order valence-electron chi connectivity index (χ2n) is 8.72. The lowest BCUT2D eigenvalue weighted by Crippen LogP contribution is -2.29. The number of carbonyl (C=O) groups is 1. The molecule has 38 heavy (non-hydrogen) atoms. The number of aromatic nitrogens is 2. The van der Waals surface area contributed by atoms with Gasteiger partial charge in [-0.25, -0.2) is 9.97 Å². The number of methoxy groups -OCH3 is 1. The van der Waals surface area contributed by atoms with E-state index in [1.54, 1.807) is 19.1 Å². The number of nitrogens with one attached hydrogen (secondary N) is 3. The molecule has 0 saturated carbocycles. The molecule has 11 heteroatoms. The zero-order valence-corrected chi connectivity index (χ0v) is 23.6. The second-order valence-corrected chi connectivity index (χ2v) is 9.64. The Morgan fingerprint density at radius 3 is 2.29 bits per heavy atom. The van der Waals surface area contributed by atoms with E-state index < -0.39 is 0 Å². The molecule has 1 aromatic heterocycles. The van der Waals surface area contributed by atoms with Gasteiger partial charge in [0.15, 0.2) is 0 Å². The molecule has 0 bridgehead atoms. The van der Waals surface area contributed by atoms with E-state index >= 15 is 0 Å². The summed E-state index contributed by atoms with van der Waals surface area (Å²) in [7, 11) is 9.63. The van der Waals surface area contributed by atoms with Gasteiger partial charge in [0.2, 0.25) is 5.91 Å². The van der Waals surface area contributed by atoms with Gasteiger partial charge in [-0.1, -0.05) is 30.7 Å². The zero-order chi connectivity index (χ0) is 27.7. The number of hydrogen-bond donors (Lipinski definition) is 3. The molecule has 3 N–H and O–H groups in total. The van der Waals surface area contributed by atoms with Crippen LogP contribution in [0.5, 0.6) is 5.75 Å². The Hall–Kier alpha value is -3.96. The molecular weight excluding hydrogens is 500 g/mol. The highest BCUT2D eigenvalue weighted by Gasteiger charge is 2.16. The number of para-hydroxylation sites is 2. The van der Waals surface area contributed by atoms with E-state index in [2.05, 4.69) is 46.6 Å². The second kappa shape index (κ2) is 13.5. The lowest BCUT2D eigenvalue weighted by Gasteiger charge is -2.26. The fraction of sp³-hybridized carbons (Fsp3) is 0.296. The van der Waals surface area contributed by atoms with Crippen LogP contribution in [0.4, 0.5) is 40.1 Å². The molecule has 3 aromatic rings. The monoisotopic (exact) mass is 536 g/mol. The molecule has 1 heterocycles. The van der Waals surface area contributed by atoms with Crippen LogP contribution in [0, 0.1) is 0 Å². The van der Waals surface area contributed by atoms with E-state index in [9.17, 15) is 4.79 Å². The lowest BCUT2D eigenvalue weighted by atomic mass is 10.2. The molecular formula is C27H36N8O2S. The normalized spacial score (nSPS) is 10.6. The number of carbonyl (C=O) groups excluding carboxylic acids is 1. The van der Waals surface area contributed by atoms with Crippen LogP contribution < -0.4 is 29.9 Å². The van der Waals surface area contributed by atoms with E-state index in [4.69, 9.17) is 4.74 Å². The van der Waals surface area contributed by atoms with Crippen molar-refractivity contribution in [2.24, 2.45) is 0 Å². The van der Waals surface area contributed by atoms with Crippen LogP contribution in [0.1, 0.15) is 0 Å². The van der Waals surface area contributed by atoms with Gasteiger partial charge >= 0.3 is 0 Å². The standard InChI is InChI=1S/C27H36N8O2S/c1-8-27(36)32-20-15-21(24(37-6)16-23(20)34(4)14-13-33(2)3)31-26-17-25(28-18-29-26)30-19-11-9-10-12-22(19)35(5)38-7/h8-12,15-18H,1,13-14H2,2-7H3,(H,32,36)(H2,28,29,30,31). The first kappa shape index (κ1) is 28.6. The first-order valence-corrected chi connectivity index (χ1v) is 13.2. The molecule has 0 fully saturated rings. The minimum Gasteiger partial charge on any atom is -0.494 e. The number of likely N-dealkylation sites (N-methyl/N-ethyl adjacent to an activating group) is 2. The minimum absolute atomic E-state index is 0.300. The molecule has 0 spiro atoms. The Morgan fingerprint density at radius 1 is 0.974 bits per heavy atom. The third-order valence-corrected chi connectivity index (χ3v) is 6.51. The molecule has 0 aliphatic carbocycles. The molecule has 1 amide bonds. The smallest absolute Gasteiger partial charge is 0.247 e. The predicted molar refractivity (Wildman–Crippen MR) is 161 cm³/mol. The van der Waals surface area contributed by atoms with Crippen molar-refractivity contribution < 1.29 is 9.53 Å². The lowest BCUT2D eigenvalue weighted by molar-refractivity contribution is -0.111. The highest BCUT2D eigenvalue weighted by Crippen LogP contribution is 2.38. The van der Waals surface area contributed by atoms with Crippen LogP contribution in [-0.4, -0.2) is 75.4 Å². The van der Waals surface area contributed by atoms with E-state index in [-0.39, 0.29) is 5.91 Å². The van der Waals surface area contributed by atoms with Crippen molar-refractivity contribution in [1.29, 1.82) is 0 Å². The predicted octanol–water partition coefficient (Wildman–Crippen LogP) is 4.81. The van der Waals surface area contributed by atoms with Crippen LogP contribution in [0.2, 0.25) is 0 Å². The van der Waals surface area contributed by atoms with Crippen LogP contribution in [0.3, 0.4) is 0 Å². The fourth-order valence-corrected chi connectivity index (χ4v) is 3.98. The van der Waals surface area contributed by atoms with Gasteiger partial charge in [0.25, 0.3) is 0 Å². The van der Waals surface area contributed by atoms with E-state index in [1.165, 1.54) is 12.4 Å². The van der Waals surface area contributed by atoms with Crippen molar-refractivity contribution in [3.63, 3.8) is 0 Å². The van der Waals surface area contributed by atoms with Gasteiger partial charge in [-0.2, -0.15) is 0 Å². The summed E-state index contributed by atoms with van der Waals surface area (Å²) in [4.78, 5) is 25.2. The number of nitrogens with zero attached hydrogens (tertiary/aromatic N) is 5. The van der Waals surface area contributed by atoms with Gasteiger partial charge in [0.05, 0.1) is 35.5 Å². The Morgan fingerprint density at radius 2 is 1.66 bits per heavy atom. The Balaban J connectivity index is 1.92. The van der Waals surface area contributed by atoms with E-state index in [0.717, 1.165) is 30.2 Å². The number of benzene rings is 2. The van der Waals surface area contributed by atoms with Crippen molar-refractivity contribution >= 4 is 57.9 Å². The minimum atomic E-state index is -0.300. The molecule has 0 aliphatic heterocycles. The van der Waals surface area contributed by atoms with Gasteiger partial charge in [0.1, 0.15) is 23.7 Å². The van der Waals surface area contributed by atoms with Crippen LogP contribution in [0.15, 0.2) is 61.4 Å². The van der Waals surface area contributed by atoms with Crippen molar-refractivity contribution in [2.75, 3.05) is 79.8 Å². The topological polar surface area (TPSA) is 97.9 Å². The maximum atomic E-state index is 12.2. The maximum Gasteiger partial charge on any atom is 0.247 e. The van der Waals surface area contributed by atoms with Gasteiger partial charge in [-0.05, 0) is 38.4 Å². The fourth-order valence-electron chi connectivity index (χ4n) is 3.63. The molecule has 2 aromatic carbocycles. The number of rotatable bonds is 13. The van der Waals surface area contributed by atoms with Crippen LogP contribution >= 0.6 is 11.9 Å². The van der Waals surface area contributed by atoms with Crippen molar-refractivity contribution in [3.05, 3.63) is 61.4 Å². The highest BCUT2D eigenvalue weighted by atomic mass is 32.2. The first-order valence-electron chi connectivity index (χ1n) is 12.0. The van der Waals surface area contributed by atoms with Crippen LogP contribution in [0.25, 0.3) is 0 Å². The molecule has 3 rings (SSSR count). The molecule has 0 unspecified atom stereocenters. The number of ether oxygens (including phenoxy) is 1. The quantitative estimate of drug-likeness (QED) is 0.209.